The normalized spacial score (nSPS) is 13.7. The molecule has 1 amide bonds. The number of nitrogens with one attached hydrogen (secondary N) is 2. The highest BCUT2D eigenvalue weighted by atomic mass is 127. The van der Waals surface area contributed by atoms with Gasteiger partial charge in [-0.05, 0) is 37.8 Å². The van der Waals surface area contributed by atoms with Crippen LogP contribution in [0.2, 0.25) is 0 Å². The van der Waals surface area contributed by atoms with E-state index < -0.39 is 0 Å². The Kier molecular flexibility index (Phi) is 11.2. The maximum Gasteiger partial charge on any atom is 0.252 e. The molecule has 0 saturated heterocycles. The van der Waals surface area contributed by atoms with Gasteiger partial charge in [0, 0.05) is 45.7 Å². The van der Waals surface area contributed by atoms with Crippen LogP contribution < -0.4 is 10.6 Å². The summed E-state index contributed by atoms with van der Waals surface area (Å²) in [5.41, 5.74) is 0.559. The molecule has 0 aliphatic heterocycles. The quantitative estimate of drug-likeness (QED) is 0.233. The number of halogens is 1. The Labute approximate surface area is 173 Å². The van der Waals surface area contributed by atoms with Gasteiger partial charge in [0.2, 0.25) is 0 Å². The molecule has 8 heteroatoms. The Balaban J connectivity index is 0.00000338. The van der Waals surface area contributed by atoms with Crippen molar-refractivity contribution in [1.29, 1.82) is 0 Å². The molecule has 1 aromatic heterocycles. The molecule has 7 nitrogen and oxygen atoms in total. The van der Waals surface area contributed by atoms with E-state index in [1.54, 1.807) is 24.5 Å². The van der Waals surface area contributed by atoms with Crippen molar-refractivity contribution in [1.82, 2.24) is 20.5 Å². The van der Waals surface area contributed by atoms with Crippen LogP contribution in [0.3, 0.4) is 0 Å². The number of ether oxygens (including phenoxy) is 1. The summed E-state index contributed by atoms with van der Waals surface area (Å²) in [4.78, 5) is 22.5. The van der Waals surface area contributed by atoms with Gasteiger partial charge in [-0.2, -0.15) is 0 Å². The zero-order valence-electron chi connectivity index (χ0n) is 15.6. The van der Waals surface area contributed by atoms with Crippen LogP contribution in [0.25, 0.3) is 0 Å². The number of hydrogen-bond acceptors (Lipinski definition) is 4. The van der Waals surface area contributed by atoms with Crippen molar-refractivity contribution in [3.63, 3.8) is 0 Å². The average Bonchev–Trinajstić information content (AvgIpc) is 3.46. The lowest BCUT2D eigenvalue weighted by Crippen LogP contribution is -2.41. The topological polar surface area (TPSA) is 78.8 Å². The number of carbonyl (C=O) groups is 1. The molecule has 0 radical (unpaired) electrons. The summed E-state index contributed by atoms with van der Waals surface area (Å²) in [6, 6.07) is 3.49. The summed E-state index contributed by atoms with van der Waals surface area (Å²) in [6.07, 6.45) is 5.82. The number of amides is 1. The predicted molar refractivity (Wildman–Crippen MR) is 114 cm³/mol. The van der Waals surface area contributed by atoms with Gasteiger partial charge in [-0.3, -0.25) is 14.8 Å². The van der Waals surface area contributed by atoms with Gasteiger partial charge in [0.25, 0.3) is 5.91 Å². The smallest absolute Gasteiger partial charge is 0.252 e. The van der Waals surface area contributed by atoms with Gasteiger partial charge < -0.3 is 20.3 Å². The third-order valence-electron chi connectivity index (χ3n) is 3.90. The maximum absolute atomic E-state index is 11.9. The van der Waals surface area contributed by atoms with Crippen molar-refractivity contribution in [2.75, 3.05) is 46.4 Å². The summed E-state index contributed by atoms with van der Waals surface area (Å²) in [6.45, 7) is 6.21. The van der Waals surface area contributed by atoms with Crippen molar-refractivity contribution in [2.45, 2.75) is 19.8 Å². The van der Waals surface area contributed by atoms with Gasteiger partial charge in [0.1, 0.15) is 0 Å². The van der Waals surface area contributed by atoms with Crippen LogP contribution >= 0.6 is 24.0 Å². The van der Waals surface area contributed by atoms with Gasteiger partial charge in [0.15, 0.2) is 5.96 Å². The number of likely N-dealkylation sites (N-methyl/N-ethyl adjacent to an activating group) is 1. The highest BCUT2D eigenvalue weighted by molar-refractivity contribution is 14.0. The molecule has 1 aliphatic rings. The Morgan fingerprint density at radius 1 is 1.42 bits per heavy atom. The average molecular weight is 475 g/mol. The zero-order valence-corrected chi connectivity index (χ0v) is 17.9. The molecule has 146 valence electrons. The van der Waals surface area contributed by atoms with Crippen LogP contribution in [0.1, 0.15) is 30.1 Å². The first-order valence-electron chi connectivity index (χ1n) is 8.96. The Morgan fingerprint density at radius 3 is 2.88 bits per heavy atom. The predicted octanol–water partition coefficient (Wildman–Crippen LogP) is 1.75. The zero-order chi connectivity index (χ0) is 17.9. The number of guanidine groups is 1. The van der Waals surface area contributed by atoms with Crippen molar-refractivity contribution in [3.8, 4) is 0 Å². The van der Waals surface area contributed by atoms with Crippen molar-refractivity contribution < 1.29 is 9.53 Å². The maximum atomic E-state index is 11.9. The third kappa shape index (κ3) is 8.79. The molecule has 0 bridgehead atoms. The van der Waals surface area contributed by atoms with E-state index in [1.807, 2.05) is 14.0 Å². The first-order valence-corrected chi connectivity index (χ1v) is 8.96. The molecular formula is C18H30IN5O2. The van der Waals surface area contributed by atoms with E-state index in [0.717, 1.165) is 31.6 Å². The second kappa shape index (κ2) is 12.9. The van der Waals surface area contributed by atoms with Crippen LogP contribution in [0, 0.1) is 5.92 Å². The van der Waals surface area contributed by atoms with Gasteiger partial charge in [-0.15, -0.1) is 24.0 Å². The van der Waals surface area contributed by atoms with Crippen molar-refractivity contribution in [2.24, 2.45) is 10.9 Å². The SMILES string of the molecule is CCNC(=NCCNC(=O)c1cccnc1)N(C)CCOCC1CC1.I. The van der Waals surface area contributed by atoms with Gasteiger partial charge in [-0.25, -0.2) is 0 Å². The fourth-order valence-corrected chi connectivity index (χ4v) is 2.24. The summed E-state index contributed by atoms with van der Waals surface area (Å²) in [5.74, 6) is 1.49. The Morgan fingerprint density at radius 2 is 2.23 bits per heavy atom. The number of rotatable bonds is 10. The van der Waals surface area contributed by atoms with E-state index in [1.165, 1.54) is 12.8 Å². The fraction of sp³-hybridized carbons (Fsp3) is 0.611. The van der Waals surface area contributed by atoms with Gasteiger partial charge in [0.05, 0.1) is 18.7 Å². The standard InChI is InChI=1S/C18H29N5O2.HI/c1-3-20-18(23(2)11-12-25-14-15-6-7-15)22-10-9-21-17(24)16-5-4-8-19-13-16;/h4-5,8,13,15H,3,6-7,9-12,14H2,1-2H3,(H,20,22)(H,21,24);1H. The summed E-state index contributed by atoms with van der Waals surface area (Å²) >= 11 is 0. The molecule has 1 aromatic rings. The summed E-state index contributed by atoms with van der Waals surface area (Å²) < 4.78 is 5.68. The molecular weight excluding hydrogens is 445 g/mol. The minimum atomic E-state index is -0.130. The number of nitrogens with zero attached hydrogens (tertiary/aromatic N) is 3. The molecule has 0 atom stereocenters. The van der Waals surface area contributed by atoms with Crippen LogP contribution in [-0.4, -0.2) is 68.2 Å². The first-order chi connectivity index (χ1) is 12.2. The second-order valence-electron chi connectivity index (χ2n) is 6.17. The fourth-order valence-electron chi connectivity index (χ4n) is 2.24. The van der Waals surface area contributed by atoms with Crippen LogP contribution in [0.4, 0.5) is 0 Å². The lowest BCUT2D eigenvalue weighted by molar-refractivity contribution is 0.0954. The minimum Gasteiger partial charge on any atom is -0.379 e. The Bertz CT molecular complexity index is 552. The molecule has 2 N–H and O–H groups in total. The van der Waals surface area contributed by atoms with Crippen molar-refractivity contribution in [3.05, 3.63) is 30.1 Å². The van der Waals surface area contributed by atoms with E-state index in [4.69, 9.17) is 4.74 Å². The van der Waals surface area contributed by atoms with Gasteiger partial charge in [-0.1, -0.05) is 0 Å². The van der Waals surface area contributed by atoms with E-state index in [-0.39, 0.29) is 29.9 Å². The van der Waals surface area contributed by atoms with Crippen molar-refractivity contribution >= 4 is 35.8 Å². The highest BCUT2D eigenvalue weighted by Crippen LogP contribution is 2.28. The monoisotopic (exact) mass is 475 g/mol. The minimum absolute atomic E-state index is 0. The van der Waals surface area contributed by atoms with Crippen LogP contribution in [-0.2, 0) is 4.74 Å². The summed E-state index contributed by atoms with van der Waals surface area (Å²) in [5, 5.41) is 6.11. The second-order valence-corrected chi connectivity index (χ2v) is 6.17. The van der Waals surface area contributed by atoms with Crippen LogP contribution in [0.5, 0.6) is 0 Å². The Hall–Kier alpha value is -1.42. The molecule has 0 spiro atoms. The van der Waals surface area contributed by atoms with E-state index in [9.17, 15) is 4.79 Å². The molecule has 0 aromatic carbocycles. The molecule has 26 heavy (non-hydrogen) atoms. The number of aromatic nitrogens is 1. The molecule has 1 saturated carbocycles. The molecule has 1 heterocycles. The van der Waals surface area contributed by atoms with Crippen LogP contribution in [0.15, 0.2) is 29.5 Å². The molecule has 2 rings (SSSR count). The lowest BCUT2D eigenvalue weighted by atomic mass is 10.3. The van der Waals surface area contributed by atoms with E-state index >= 15 is 0 Å². The molecule has 0 unspecified atom stereocenters. The van der Waals surface area contributed by atoms with E-state index in [0.29, 0.717) is 25.3 Å². The van der Waals surface area contributed by atoms with E-state index in [2.05, 4.69) is 25.5 Å². The largest absolute Gasteiger partial charge is 0.379 e. The number of hydrogen-bond donors (Lipinski definition) is 2. The number of aliphatic imine (C=N–C) groups is 1. The third-order valence-corrected chi connectivity index (χ3v) is 3.90. The molecule has 1 fully saturated rings. The van der Waals surface area contributed by atoms with Gasteiger partial charge >= 0.3 is 0 Å². The highest BCUT2D eigenvalue weighted by Gasteiger charge is 2.21. The first kappa shape index (κ1) is 22.6. The number of pyridine rings is 1. The lowest BCUT2D eigenvalue weighted by Gasteiger charge is -2.22. The summed E-state index contributed by atoms with van der Waals surface area (Å²) in [7, 11) is 2.00. The number of carbonyl (C=O) groups excluding carboxylic acids is 1. The molecule has 1 aliphatic carbocycles.